The highest BCUT2D eigenvalue weighted by Crippen LogP contribution is 2.65. The van der Waals surface area contributed by atoms with Gasteiger partial charge in [0.1, 0.15) is 5.60 Å². The van der Waals surface area contributed by atoms with Crippen LogP contribution in [0.3, 0.4) is 0 Å². The van der Waals surface area contributed by atoms with E-state index in [0.29, 0.717) is 12.8 Å². The zero-order valence-electron chi connectivity index (χ0n) is 23.3. The summed E-state index contributed by atoms with van der Waals surface area (Å²) >= 11 is 0. The normalized spacial score (nSPS) is 38.5. The number of rotatable bonds is 13. The largest absolute Gasteiger partial charge is 0.458 e. The molecule has 37 heavy (non-hydrogen) atoms. The SMILES string of the molecule is CCCCCCCCS(=O)(=O)OCC1(C(=O)OC(C)(C)C23CC4CC(CC(C4)C2)C3)C(=O)C2CCC1C2. The van der Waals surface area contributed by atoms with E-state index in [9.17, 15) is 18.0 Å². The third-order valence-corrected chi connectivity index (χ3v) is 12.4. The lowest BCUT2D eigenvalue weighted by Gasteiger charge is -2.61. The number of ketones is 1. The molecule has 6 rings (SSSR count). The molecule has 6 nitrogen and oxygen atoms in total. The number of unbranched alkanes of at least 4 members (excludes halogenated alkanes) is 5. The average Bonchev–Trinajstić information content (AvgIpc) is 3.40. The van der Waals surface area contributed by atoms with Gasteiger partial charge in [-0.3, -0.25) is 13.8 Å². The van der Waals surface area contributed by atoms with E-state index in [0.717, 1.165) is 82.0 Å². The lowest BCUT2D eigenvalue weighted by molar-refractivity contribution is -0.210. The van der Waals surface area contributed by atoms with Crippen molar-refractivity contribution in [1.29, 1.82) is 0 Å². The summed E-state index contributed by atoms with van der Waals surface area (Å²) < 4.78 is 37.5. The number of esters is 1. The molecule has 0 radical (unpaired) electrons. The summed E-state index contributed by atoms with van der Waals surface area (Å²) in [5.41, 5.74) is -2.20. The minimum Gasteiger partial charge on any atom is -0.458 e. The molecule has 0 spiro atoms. The Labute approximate surface area is 224 Å². The van der Waals surface area contributed by atoms with Gasteiger partial charge in [0.25, 0.3) is 10.1 Å². The molecule has 0 N–H and O–H groups in total. The van der Waals surface area contributed by atoms with E-state index in [1.54, 1.807) is 0 Å². The Morgan fingerprint density at radius 2 is 1.51 bits per heavy atom. The standard InChI is InChI=1S/C30H48O6S/c1-4-5-6-7-8-9-12-37(33,34)35-20-30(25-11-10-24(16-25)26(30)31)27(32)36-28(2,3)29-17-21-13-22(18-29)15-23(14-21)19-29/h21-25H,4-20H2,1-3H3. The number of Topliss-reactive ketones (excluding diaryl/α,β-unsaturated/α-hetero) is 1. The summed E-state index contributed by atoms with van der Waals surface area (Å²) in [5, 5.41) is 0. The van der Waals surface area contributed by atoms with E-state index in [1.807, 2.05) is 13.8 Å². The number of carbonyl (C=O) groups excluding carboxylic acids is 2. The summed E-state index contributed by atoms with van der Waals surface area (Å²) in [6.45, 7) is 5.85. The molecule has 0 aromatic carbocycles. The van der Waals surface area contributed by atoms with Gasteiger partial charge in [0.05, 0.1) is 12.4 Å². The molecule has 6 aliphatic carbocycles. The highest BCUT2D eigenvalue weighted by molar-refractivity contribution is 7.86. The molecule has 7 heteroatoms. The molecule has 3 atom stereocenters. The van der Waals surface area contributed by atoms with Crippen molar-refractivity contribution in [2.75, 3.05) is 12.4 Å². The molecule has 6 aliphatic rings. The molecule has 0 saturated heterocycles. The highest BCUT2D eigenvalue weighted by Gasteiger charge is 2.66. The smallest absolute Gasteiger partial charge is 0.322 e. The Kier molecular flexibility index (Phi) is 7.63. The molecular formula is C30H48O6S. The fraction of sp³-hybridized carbons (Fsp3) is 0.933. The van der Waals surface area contributed by atoms with Crippen LogP contribution in [0.5, 0.6) is 0 Å². The van der Waals surface area contributed by atoms with E-state index in [-0.39, 0.29) is 35.4 Å². The molecule has 3 unspecified atom stereocenters. The van der Waals surface area contributed by atoms with Gasteiger partial charge in [-0.2, -0.15) is 8.42 Å². The van der Waals surface area contributed by atoms with Crippen LogP contribution in [0.15, 0.2) is 0 Å². The van der Waals surface area contributed by atoms with E-state index in [1.165, 1.54) is 19.3 Å². The molecule has 6 bridgehead atoms. The predicted octanol–water partition coefficient (Wildman–Crippen LogP) is 6.22. The van der Waals surface area contributed by atoms with Gasteiger partial charge in [-0.05, 0) is 102 Å². The fourth-order valence-corrected chi connectivity index (χ4v) is 10.4. The Balaban J connectivity index is 1.28. The maximum absolute atomic E-state index is 14.0. The van der Waals surface area contributed by atoms with Gasteiger partial charge in [0, 0.05) is 11.3 Å². The second kappa shape index (κ2) is 10.2. The summed E-state index contributed by atoms with van der Waals surface area (Å²) in [6, 6.07) is 0. The Morgan fingerprint density at radius 1 is 0.919 bits per heavy atom. The van der Waals surface area contributed by atoms with E-state index >= 15 is 0 Å². The quantitative estimate of drug-likeness (QED) is 0.120. The van der Waals surface area contributed by atoms with Crippen LogP contribution in [0.2, 0.25) is 0 Å². The highest BCUT2D eigenvalue weighted by atomic mass is 32.2. The zero-order valence-corrected chi connectivity index (χ0v) is 24.1. The summed E-state index contributed by atoms with van der Waals surface area (Å²) in [4.78, 5) is 27.6. The van der Waals surface area contributed by atoms with Crippen molar-refractivity contribution in [2.24, 2.45) is 40.4 Å². The van der Waals surface area contributed by atoms with Gasteiger partial charge < -0.3 is 4.74 Å². The minimum absolute atomic E-state index is 0.0377. The van der Waals surface area contributed by atoms with Crippen molar-refractivity contribution in [3.8, 4) is 0 Å². The molecule has 0 aromatic rings. The van der Waals surface area contributed by atoms with Crippen LogP contribution >= 0.6 is 0 Å². The van der Waals surface area contributed by atoms with E-state index in [4.69, 9.17) is 8.92 Å². The minimum atomic E-state index is -3.81. The molecule has 0 amide bonds. The van der Waals surface area contributed by atoms with Crippen LogP contribution in [0.1, 0.15) is 117 Å². The number of hydrogen-bond acceptors (Lipinski definition) is 6. The van der Waals surface area contributed by atoms with Gasteiger partial charge in [0.15, 0.2) is 11.2 Å². The number of ether oxygens (including phenoxy) is 1. The van der Waals surface area contributed by atoms with Crippen molar-refractivity contribution < 1.29 is 26.9 Å². The monoisotopic (exact) mass is 536 g/mol. The molecule has 0 aromatic heterocycles. The third kappa shape index (κ3) is 5.05. The van der Waals surface area contributed by atoms with Gasteiger partial charge in [0.2, 0.25) is 0 Å². The first-order chi connectivity index (χ1) is 17.5. The van der Waals surface area contributed by atoms with Crippen LogP contribution < -0.4 is 0 Å². The van der Waals surface area contributed by atoms with Crippen LogP contribution in [0.4, 0.5) is 0 Å². The molecule has 6 fully saturated rings. The van der Waals surface area contributed by atoms with Gasteiger partial charge >= 0.3 is 5.97 Å². The van der Waals surface area contributed by atoms with Crippen molar-refractivity contribution in [3.05, 3.63) is 0 Å². The topological polar surface area (TPSA) is 86.7 Å². The van der Waals surface area contributed by atoms with Crippen LogP contribution in [-0.4, -0.2) is 38.1 Å². The van der Waals surface area contributed by atoms with Crippen LogP contribution in [0, 0.1) is 40.4 Å². The van der Waals surface area contributed by atoms with Gasteiger partial charge in [-0.1, -0.05) is 39.0 Å². The molecule has 0 heterocycles. The maximum atomic E-state index is 14.0. The lowest BCUT2D eigenvalue weighted by Crippen LogP contribution is -2.59. The predicted molar refractivity (Wildman–Crippen MR) is 142 cm³/mol. The number of fused-ring (bicyclic) bond motifs is 2. The first-order valence-corrected chi connectivity index (χ1v) is 16.7. The summed E-state index contributed by atoms with van der Waals surface area (Å²) in [5.74, 6) is 1.06. The number of carbonyl (C=O) groups is 2. The zero-order chi connectivity index (χ0) is 26.5. The van der Waals surface area contributed by atoms with Gasteiger partial charge in [-0.15, -0.1) is 0 Å². The first kappa shape index (κ1) is 27.6. The average molecular weight is 537 g/mol. The van der Waals surface area contributed by atoms with Crippen molar-refractivity contribution in [1.82, 2.24) is 0 Å². The Bertz CT molecular complexity index is 949. The Hall–Kier alpha value is -0.950. The van der Waals surface area contributed by atoms with Crippen LogP contribution in [-0.2, 0) is 28.6 Å². The molecule has 6 saturated carbocycles. The lowest BCUT2D eigenvalue weighted by atomic mass is 9.46. The third-order valence-electron chi connectivity index (χ3n) is 11.2. The van der Waals surface area contributed by atoms with Crippen molar-refractivity contribution >= 4 is 21.9 Å². The first-order valence-electron chi connectivity index (χ1n) is 15.1. The summed E-state index contributed by atoms with van der Waals surface area (Å²) in [6.07, 6.45) is 15.2. The molecular weight excluding hydrogens is 488 g/mol. The fourth-order valence-electron chi connectivity index (χ4n) is 9.33. The van der Waals surface area contributed by atoms with Crippen molar-refractivity contribution in [2.45, 2.75) is 123 Å². The Morgan fingerprint density at radius 3 is 2.08 bits per heavy atom. The van der Waals surface area contributed by atoms with E-state index < -0.39 is 27.1 Å². The maximum Gasteiger partial charge on any atom is 0.322 e. The molecule has 0 aliphatic heterocycles. The summed E-state index contributed by atoms with van der Waals surface area (Å²) in [7, 11) is -3.81. The second-order valence-corrected chi connectivity index (χ2v) is 15.7. The van der Waals surface area contributed by atoms with Crippen LogP contribution in [0.25, 0.3) is 0 Å². The molecule has 210 valence electrons. The second-order valence-electron chi connectivity index (χ2n) is 13.9. The van der Waals surface area contributed by atoms with Gasteiger partial charge in [-0.25, -0.2) is 0 Å². The van der Waals surface area contributed by atoms with Crippen molar-refractivity contribution in [3.63, 3.8) is 0 Å². The number of hydrogen-bond donors (Lipinski definition) is 0. The van der Waals surface area contributed by atoms with E-state index in [2.05, 4.69) is 6.92 Å².